The highest BCUT2D eigenvalue weighted by molar-refractivity contribution is 7.89. The SMILES string of the molecule is C=CCN(Cc1cccs1)S(=O)(=O)c1ccc(Cl)cc1. The molecule has 0 amide bonds. The average molecular weight is 328 g/mol. The highest BCUT2D eigenvalue weighted by atomic mass is 35.5. The van der Waals surface area contributed by atoms with Crippen LogP contribution in [-0.2, 0) is 16.6 Å². The van der Waals surface area contributed by atoms with Gasteiger partial charge in [-0.25, -0.2) is 8.42 Å². The van der Waals surface area contributed by atoms with Crippen LogP contribution in [0.15, 0.2) is 59.3 Å². The number of rotatable bonds is 6. The van der Waals surface area contributed by atoms with Gasteiger partial charge in [-0.05, 0) is 35.7 Å². The van der Waals surface area contributed by atoms with Gasteiger partial charge < -0.3 is 0 Å². The fourth-order valence-corrected chi connectivity index (χ4v) is 4.04. The molecule has 0 N–H and O–H groups in total. The summed E-state index contributed by atoms with van der Waals surface area (Å²) < 4.78 is 26.6. The Morgan fingerprint density at radius 2 is 1.95 bits per heavy atom. The molecule has 6 heteroatoms. The van der Waals surface area contributed by atoms with Crippen molar-refractivity contribution in [2.75, 3.05) is 6.54 Å². The third kappa shape index (κ3) is 3.49. The first-order chi connectivity index (χ1) is 9.54. The number of thiophene rings is 1. The molecule has 3 nitrogen and oxygen atoms in total. The summed E-state index contributed by atoms with van der Waals surface area (Å²) in [6, 6.07) is 10.0. The molecule has 0 spiro atoms. The lowest BCUT2D eigenvalue weighted by molar-refractivity contribution is 0.441. The van der Waals surface area contributed by atoms with Crippen LogP contribution in [0.1, 0.15) is 4.88 Å². The molecule has 1 aromatic heterocycles. The van der Waals surface area contributed by atoms with Crippen LogP contribution in [0.25, 0.3) is 0 Å². The minimum Gasteiger partial charge on any atom is -0.207 e. The third-order valence-corrected chi connectivity index (χ3v) is 5.64. The predicted molar refractivity (Wildman–Crippen MR) is 83.6 cm³/mol. The number of benzene rings is 1. The minimum absolute atomic E-state index is 0.236. The molecule has 0 aliphatic carbocycles. The molecule has 106 valence electrons. The predicted octanol–water partition coefficient (Wildman–Crippen LogP) is 3.78. The topological polar surface area (TPSA) is 37.4 Å². The molecule has 0 aliphatic rings. The van der Waals surface area contributed by atoms with Crippen LogP contribution in [0, 0.1) is 0 Å². The lowest BCUT2D eigenvalue weighted by Gasteiger charge is -2.20. The molecule has 2 rings (SSSR count). The zero-order valence-corrected chi connectivity index (χ0v) is 13.1. The van der Waals surface area contributed by atoms with E-state index in [0.29, 0.717) is 11.6 Å². The van der Waals surface area contributed by atoms with Crippen molar-refractivity contribution in [2.45, 2.75) is 11.4 Å². The molecule has 0 saturated carbocycles. The van der Waals surface area contributed by atoms with Gasteiger partial charge in [-0.2, -0.15) is 4.31 Å². The van der Waals surface area contributed by atoms with Gasteiger partial charge in [0.15, 0.2) is 0 Å². The highest BCUT2D eigenvalue weighted by Gasteiger charge is 2.23. The maximum absolute atomic E-state index is 12.6. The molecule has 0 aliphatic heterocycles. The molecule has 0 saturated heterocycles. The molecular weight excluding hydrogens is 314 g/mol. The van der Waals surface area contributed by atoms with Gasteiger partial charge in [-0.15, -0.1) is 17.9 Å². The summed E-state index contributed by atoms with van der Waals surface area (Å²) in [4.78, 5) is 1.23. The molecule has 0 atom stereocenters. The van der Waals surface area contributed by atoms with E-state index in [1.165, 1.54) is 27.8 Å². The van der Waals surface area contributed by atoms with Crippen molar-refractivity contribution in [1.29, 1.82) is 0 Å². The Bertz CT molecular complexity index is 664. The lowest BCUT2D eigenvalue weighted by atomic mass is 10.4. The first-order valence-electron chi connectivity index (χ1n) is 5.93. The Kier molecular flexibility index (Phi) is 4.99. The largest absolute Gasteiger partial charge is 0.243 e. The first-order valence-corrected chi connectivity index (χ1v) is 8.63. The number of hydrogen-bond donors (Lipinski definition) is 0. The quantitative estimate of drug-likeness (QED) is 0.757. The zero-order chi connectivity index (χ0) is 14.6. The number of hydrogen-bond acceptors (Lipinski definition) is 3. The second-order valence-corrected chi connectivity index (χ2v) is 7.53. The van der Waals surface area contributed by atoms with Gasteiger partial charge in [-0.1, -0.05) is 23.7 Å². The summed E-state index contributed by atoms with van der Waals surface area (Å²) in [5.74, 6) is 0. The van der Waals surface area contributed by atoms with Crippen molar-refractivity contribution < 1.29 is 8.42 Å². The van der Waals surface area contributed by atoms with E-state index in [2.05, 4.69) is 6.58 Å². The van der Waals surface area contributed by atoms with Gasteiger partial charge in [0.1, 0.15) is 0 Å². The second kappa shape index (κ2) is 6.54. The highest BCUT2D eigenvalue weighted by Crippen LogP contribution is 2.21. The van der Waals surface area contributed by atoms with E-state index < -0.39 is 10.0 Å². The van der Waals surface area contributed by atoms with Crippen LogP contribution < -0.4 is 0 Å². The average Bonchev–Trinajstić information content (AvgIpc) is 2.92. The Hall–Kier alpha value is -1.14. The summed E-state index contributed by atoms with van der Waals surface area (Å²) >= 11 is 7.32. The van der Waals surface area contributed by atoms with Gasteiger partial charge >= 0.3 is 0 Å². The summed E-state index contributed by atoms with van der Waals surface area (Å²) in [7, 11) is -3.55. The molecule has 0 bridgehead atoms. The van der Waals surface area contributed by atoms with Crippen molar-refractivity contribution in [1.82, 2.24) is 4.31 Å². The van der Waals surface area contributed by atoms with Crippen molar-refractivity contribution in [2.24, 2.45) is 0 Å². The van der Waals surface area contributed by atoms with E-state index >= 15 is 0 Å². The van der Waals surface area contributed by atoms with Crippen molar-refractivity contribution in [3.05, 3.63) is 64.3 Å². The van der Waals surface area contributed by atoms with Crippen LogP contribution in [0.2, 0.25) is 5.02 Å². The van der Waals surface area contributed by atoms with E-state index in [1.54, 1.807) is 18.2 Å². The number of halogens is 1. The third-order valence-electron chi connectivity index (χ3n) is 2.70. The molecular formula is C14H14ClNO2S2. The van der Waals surface area contributed by atoms with E-state index in [1.807, 2.05) is 17.5 Å². The standard InChI is InChI=1S/C14H14ClNO2S2/c1-2-9-16(11-13-4-3-10-19-13)20(17,18)14-7-5-12(15)6-8-14/h2-8,10H,1,9,11H2. The Balaban J connectivity index is 2.31. The number of nitrogens with zero attached hydrogens (tertiary/aromatic N) is 1. The monoisotopic (exact) mass is 327 g/mol. The van der Waals surface area contributed by atoms with Gasteiger partial charge in [0, 0.05) is 23.0 Å². The minimum atomic E-state index is -3.55. The second-order valence-electron chi connectivity index (χ2n) is 4.12. The van der Waals surface area contributed by atoms with Crippen LogP contribution in [0.3, 0.4) is 0 Å². The van der Waals surface area contributed by atoms with Crippen LogP contribution in [0.5, 0.6) is 0 Å². The summed E-state index contributed by atoms with van der Waals surface area (Å²) in [6.07, 6.45) is 1.58. The zero-order valence-electron chi connectivity index (χ0n) is 10.7. The Morgan fingerprint density at radius 1 is 1.25 bits per heavy atom. The molecule has 1 aromatic carbocycles. The van der Waals surface area contributed by atoms with Crippen molar-refractivity contribution in [3.63, 3.8) is 0 Å². The van der Waals surface area contributed by atoms with Gasteiger partial charge in [0.2, 0.25) is 10.0 Å². The molecule has 0 radical (unpaired) electrons. The van der Waals surface area contributed by atoms with Crippen LogP contribution in [-0.4, -0.2) is 19.3 Å². The van der Waals surface area contributed by atoms with Crippen LogP contribution >= 0.6 is 22.9 Å². The van der Waals surface area contributed by atoms with Crippen LogP contribution in [0.4, 0.5) is 0 Å². The smallest absolute Gasteiger partial charge is 0.207 e. The fraction of sp³-hybridized carbons (Fsp3) is 0.143. The van der Waals surface area contributed by atoms with E-state index in [9.17, 15) is 8.42 Å². The lowest BCUT2D eigenvalue weighted by Crippen LogP contribution is -2.30. The molecule has 0 fully saturated rings. The number of sulfonamides is 1. The maximum Gasteiger partial charge on any atom is 0.243 e. The normalized spacial score (nSPS) is 11.7. The van der Waals surface area contributed by atoms with Gasteiger partial charge in [0.25, 0.3) is 0 Å². The Morgan fingerprint density at radius 3 is 2.50 bits per heavy atom. The summed E-state index contributed by atoms with van der Waals surface area (Å²) in [5, 5.41) is 2.44. The van der Waals surface area contributed by atoms with Gasteiger partial charge in [-0.3, -0.25) is 0 Å². The summed E-state index contributed by atoms with van der Waals surface area (Å²) in [6.45, 7) is 4.24. The van der Waals surface area contributed by atoms with Crippen molar-refractivity contribution >= 4 is 33.0 Å². The molecule has 0 unspecified atom stereocenters. The maximum atomic E-state index is 12.6. The van der Waals surface area contributed by atoms with E-state index in [-0.39, 0.29) is 11.4 Å². The van der Waals surface area contributed by atoms with Crippen molar-refractivity contribution in [3.8, 4) is 0 Å². The first kappa shape index (κ1) is 15.3. The molecule has 20 heavy (non-hydrogen) atoms. The summed E-state index contributed by atoms with van der Waals surface area (Å²) in [5.41, 5.74) is 0. The van der Waals surface area contributed by atoms with E-state index in [4.69, 9.17) is 11.6 Å². The molecule has 2 aromatic rings. The fourth-order valence-electron chi connectivity index (χ4n) is 1.72. The van der Waals surface area contributed by atoms with E-state index in [0.717, 1.165) is 4.88 Å². The molecule has 1 heterocycles. The Labute approximate surface area is 128 Å². The van der Waals surface area contributed by atoms with Gasteiger partial charge in [0.05, 0.1) is 4.90 Å².